The van der Waals surface area contributed by atoms with Crippen molar-refractivity contribution in [2.24, 2.45) is 0 Å². The third-order valence-electron chi connectivity index (χ3n) is 2.58. The Balaban J connectivity index is 2.98. The number of nitrogens with one attached hydrogen (secondary N) is 1. The van der Waals surface area contributed by atoms with Gasteiger partial charge in [0.2, 0.25) is 10.0 Å². The van der Waals surface area contributed by atoms with Gasteiger partial charge in [0.15, 0.2) is 0 Å². The van der Waals surface area contributed by atoms with E-state index in [-0.39, 0.29) is 16.6 Å². The third kappa shape index (κ3) is 3.61. The Morgan fingerprint density at radius 2 is 2.11 bits per heavy atom. The number of anilines is 1. The molecule has 0 saturated carbocycles. The third-order valence-corrected chi connectivity index (χ3v) is 4.25. The molecule has 0 aliphatic carbocycles. The predicted octanol–water partition coefficient (Wildman–Crippen LogP) is 1.74. The lowest BCUT2D eigenvalue weighted by atomic mass is 10.2. The molecule has 0 aromatic heterocycles. The molecule has 1 unspecified atom stereocenters. The summed E-state index contributed by atoms with van der Waals surface area (Å²) in [4.78, 5) is 0.0891. The van der Waals surface area contributed by atoms with Crippen molar-refractivity contribution in [2.75, 3.05) is 12.8 Å². The van der Waals surface area contributed by atoms with E-state index in [0.717, 1.165) is 12.8 Å². The zero-order chi connectivity index (χ0) is 13.8. The van der Waals surface area contributed by atoms with Crippen LogP contribution in [-0.2, 0) is 10.0 Å². The van der Waals surface area contributed by atoms with Crippen molar-refractivity contribution >= 4 is 15.7 Å². The number of nitrogen functional groups attached to an aromatic ring is 1. The Kier molecular flexibility index (Phi) is 4.98. The topological polar surface area (TPSA) is 81.4 Å². The number of sulfonamides is 1. The number of rotatable bonds is 6. The van der Waals surface area contributed by atoms with Gasteiger partial charge in [-0.15, -0.1) is 0 Å². The van der Waals surface area contributed by atoms with Crippen LogP contribution in [0.4, 0.5) is 5.69 Å². The Labute approximate surface area is 108 Å². The molecule has 5 nitrogen and oxygen atoms in total. The molecule has 0 aliphatic rings. The molecule has 0 fully saturated rings. The molecule has 0 amide bonds. The SMILES string of the molecule is CCCC(C)NS(=O)(=O)c1ccc(OC)cc1N. The average Bonchev–Trinajstić information content (AvgIpc) is 2.27. The van der Waals surface area contributed by atoms with E-state index in [0.29, 0.717) is 5.75 Å². The summed E-state index contributed by atoms with van der Waals surface area (Å²) in [5.74, 6) is 0.535. The molecule has 0 heterocycles. The van der Waals surface area contributed by atoms with Crippen LogP contribution in [-0.4, -0.2) is 21.6 Å². The van der Waals surface area contributed by atoms with Gasteiger partial charge in [0, 0.05) is 12.1 Å². The molecule has 18 heavy (non-hydrogen) atoms. The lowest BCUT2D eigenvalue weighted by Gasteiger charge is -2.14. The fraction of sp³-hybridized carbons (Fsp3) is 0.500. The molecule has 1 aromatic carbocycles. The highest BCUT2D eigenvalue weighted by atomic mass is 32.2. The predicted molar refractivity (Wildman–Crippen MR) is 72.1 cm³/mol. The van der Waals surface area contributed by atoms with E-state index in [4.69, 9.17) is 10.5 Å². The number of hydrogen-bond acceptors (Lipinski definition) is 4. The number of benzene rings is 1. The summed E-state index contributed by atoms with van der Waals surface area (Å²) in [6.45, 7) is 3.84. The maximum atomic E-state index is 12.1. The van der Waals surface area contributed by atoms with Crippen molar-refractivity contribution in [3.05, 3.63) is 18.2 Å². The molecular weight excluding hydrogens is 252 g/mol. The maximum Gasteiger partial charge on any atom is 0.242 e. The zero-order valence-corrected chi connectivity index (χ0v) is 11.8. The van der Waals surface area contributed by atoms with Gasteiger partial charge in [-0.05, 0) is 25.5 Å². The summed E-state index contributed by atoms with van der Waals surface area (Å²) in [6.07, 6.45) is 1.71. The highest BCUT2D eigenvalue weighted by molar-refractivity contribution is 7.89. The van der Waals surface area contributed by atoms with Crippen LogP contribution in [0, 0.1) is 0 Å². The molecule has 0 saturated heterocycles. The molecule has 0 spiro atoms. The van der Waals surface area contributed by atoms with Crippen LogP contribution >= 0.6 is 0 Å². The van der Waals surface area contributed by atoms with Gasteiger partial charge < -0.3 is 10.5 Å². The first-order valence-electron chi connectivity index (χ1n) is 5.86. The normalized spacial score (nSPS) is 13.3. The van der Waals surface area contributed by atoms with Crippen molar-refractivity contribution in [3.63, 3.8) is 0 Å². The van der Waals surface area contributed by atoms with Crippen molar-refractivity contribution < 1.29 is 13.2 Å². The fourth-order valence-electron chi connectivity index (χ4n) is 1.72. The van der Waals surface area contributed by atoms with E-state index < -0.39 is 10.0 Å². The minimum absolute atomic E-state index is 0.0891. The molecule has 6 heteroatoms. The Hall–Kier alpha value is -1.27. The van der Waals surface area contributed by atoms with E-state index in [9.17, 15) is 8.42 Å². The summed E-state index contributed by atoms with van der Waals surface area (Å²) >= 11 is 0. The van der Waals surface area contributed by atoms with Gasteiger partial charge in [0.1, 0.15) is 10.6 Å². The second-order valence-electron chi connectivity index (χ2n) is 4.21. The molecule has 0 aliphatic heterocycles. The molecule has 0 bridgehead atoms. The van der Waals surface area contributed by atoms with Crippen LogP contribution in [0.1, 0.15) is 26.7 Å². The minimum atomic E-state index is -3.57. The number of hydrogen-bond donors (Lipinski definition) is 2. The second-order valence-corrected chi connectivity index (χ2v) is 5.90. The Bertz CT molecular complexity index is 500. The summed E-state index contributed by atoms with van der Waals surface area (Å²) in [7, 11) is -2.06. The van der Waals surface area contributed by atoms with E-state index in [1.165, 1.54) is 19.2 Å². The first-order chi connectivity index (χ1) is 8.40. The average molecular weight is 272 g/mol. The Morgan fingerprint density at radius 3 is 2.61 bits per heavy atom. The van der Waals surface area contributed by atoms with Gasteiger partial charge in [-0.3, -0.25) is 0 Å². The zero-order valence-electron chi connectivity index (χ0n) is 10.9. The lowest BCUT2D eigenvalue weighted by molar-refractivity contribution is 0.414. The van der Waals surface area contributed by atoms with Crippen LogP contribution in [0.5, 0.6) is 5.75 Å². The molecule has 1 atom stereocenters. The maximum absolute atomic E-state index is 12.1. The van der Waals surface area contributed by atoms with E-state index in [1.807, 2.05) is 13.8 Å². The molecular formula is C12H20N2O3S. The fourth-order valence-corrected chi connectivity index (χ4v) is 3.11. The molecule has 1 rings (SSSR count). The highest BCUT2D eigenvalue weighted by Gasteiger charge is 2.19. The first kappa shape index (κ1) is 14.8. The lowest BCUT2D eigenvalue weighted by Crippen LogP contribution is -2.32. The summed E-state index contributed by atoms with van der Waals surface area (Å²) in [5.41, 5.74) is 5.92. The smallest absolute Gasteiger partial charge is 0.242 e. The quantitative estimate of drug-likeness (QED) is 0.773. The van der Waals surface area contributed by atoms with Crippen molar-refractivity contribution in [1.29, 1.82) is 0 Å². The van der Waals surface area contributed by atoms with Gasteiger partial charge in [0.25, 0.3) is 0 Å². The number of nitrogens with two attached hydrogens (primary N) is 1. The van der Waals surface area contributed by atoms with E-state index >= 15 is 0 Å². The van der Waals surface area contributed by atoms with Crippen molar-refractivity contribution in [3.8, 4) is 5.75 Å². The molecule has 1 aromatic rings. The van der Waals surface area contributed by atoms with Gasteiger partial charge in [-0.1, -0.05) is 13.3 Å². The summed E-state index contributed by atoms with van der Waals surface area (Å²) in [6, 6.07) is 4.42. The van der Waals surface area contributed by atoms with Crippen LogP contribution in [0.3, 0.4) is 0 Å². The van der Waals surface area contributed by atoms with Crippen molar-refractivity contribution in [1.82, 2.24) is 4.72 Å². The van der Waals surface area contributed by atoms with Gasteiger partial charge in [-0.25, -0.2) is 13.1 Å². The van der Waals surface area contributed by atoms with E-state index in [2.05, 4.69) is 4.72 Å². The van der Waals surface area contributed by atoms with Crippen LogP contribution in [0.15, 0.2) is 23.1 Å². The second kappa shape index (κ2) is 6.06. The van der Waals surface area contributed by atoms with Crippen LogP contribution < -0.4 is 15.2 Å². The van der Waals surface area contributed by atoms with Crippen LogP contribution in [0.25, 0.3) is 0 Å². The van der Waals surface area contributed by atoms with E-state index in [1.54, 1.807) is 6.07 Å². The largest absolute Gasteiger partial charge is 0.497 e. The molecule has 102 valence electrons. The van der Waals surface area contributed by atoms with Crippen LogP contribution in [0.2, 0.25) is 0 Å². The highest BCUT2D eigenvalue weighted by Crippen LogP contribution is 2.23. The van der Waals surface area contributed by atoms with Crippen molar-refractivity contribution in [2.45, 2.75) is 37.6 Å². The molecule has 0 radical (unpaired) electrons. The number of methoxy groups -OCH3 is 1. The summed E-state index contributed by atoms with van der Waals surface area (Å²) in [5, 5.41) is 0. The first-order valence-corrected chi connectivity index (χ1v) is 7.35. The minimum Gasteiger partial charge on any atom is -0.497 e. The van der Waals surface area contributed by atoms with Gasteiger partial charge >= 0.3 is 0 Å². The van der Waals surface area contributed by atoms with Gasteiger partial charge in [-0.2, -0.15) is 0 Å². The Morgan fingerprint density at radius 1 is 1.44 bits per heavy atom. The van der Waals surface area contributed by atoms with Gasteiger partial charge in [0.05, 0.1) is 12.8 Å². The summed E-state index contributed by atoms with van der Waals surface area (Å²) < 4.78 is 31.8. The monoisotopic (exact) mass is 272 g/mol. The number of ether oxygens (including phenoxy) is 1. The standard InChI is InChI=1S/C12H20N2O3S/c1-4-5-9(2)14-18(15,16)12-7-6-10(17-3)8-11(12)13/h6-9,14H,4-5,13H2,1-3H3. The molecule has 3 N–H and O–H groups in total.